The fourth-order valence-corrected chi connectivity index (χ4v) is 2.71. The van der Waals surface area contributed by atoms with Crippen LogP contribution in [0.1, 0.15) is 41.8 Å². The molecule has 0 unspecified atom stereocenters. The lowest BCUT2D eigenvalue weighted by Crippen LogP contribution is -2.47. The zero-order valence-corrected chi connectivity index (χ0v) is 15.4. The third kappa shape index (κ3) is 5.41. The minimum atomic E-state index is -0.672. The summed E-state index contributed by atoms with van der Waals surface area (Å²) in [6, 6.07) is 12.9. The third-order valence-electron chi connectivity index (χ3n) is 4.13. The molecule has 0 aliphatic carbocycles. The molecule has 2 aromatic rings. The van der Waals surface area contributed by atoms with E-state index in [-0.39, 0.29) is 30.1 Å². The van der Waals surface area contributed by atoms with E-state index in [2.05, 4.69) is 10.6 Å². The van der Waals surface area contributed by atoms with E-state index in [4.69, 9.17) is 0 Å². The largest absolute Gasteiger partial charge is 0.350 e. The summed E-state index contributed by atoms with van der Waals surface area (Å²) in [5.41, 5.74) is 1.80. The molecule has 1 atom stereocenters. The quantitative estimate of drug-likeness (QED) is 0.796. The lowest BCUT2D eigenvalue weighted by Gasteiger charge is -2.21. The van der Waals surface area contributed by atoms with Crippen molar-refractivity contribution in [3.05, 3.63) is 71.0 Å². The van der Waals surface area contributed by atoms with Gasteiger partial charge in [-0.1, -0.05) is 50.2 Å². The molecule has 0 spiro atoms. The Kier molecular flexibility index (Phi) is 6.89. The summed E-state index contributed by atoms with van der Waals surface area (Å²) in [6.45, 7) is 5.90. The zero-order valence-electron chi connectivity index (χ0n) is 15.4. The maximum Gasteiger partial charge on any atom is 0.252 e. The van der Waals surface area contributed by atoms with Crippen LogP contribution in [-0.2, 0) is 11.3 Å². The molecule has 2 amide bonds. The van der Waals surface area contributed by atoms with Gasteiger partial charge < -0.3 is 10.6 Å². The molecule has 4 nitrogen and oxygen atoms in total. The van der Waals surface area contributed by atoms with E-state index in [1.807, 2.05) is 32.9 Å². The number of carbonyl (C=O) groups excluding carboxylic acids is 2. The molecule has 5 heteroatoms. The van der Waals surface area contributed by atoms with Crippen LogP contribution in [0.4, 0.5) is 4.39 Å². The molecule has 26 heavy (non-hydrogen) atoms. The molecule has 0 radical (unpaired) electrons. The van der Waals surface area contributed by atoms with Gasteiger partial charge in [-0.3, -0.25) is 9.59 Å². The average Bonchev–Trinajstić information content (AvgIpc) is 2.60. The fraction of sp³-hybridized carbons (Fsp3) is 0.333. The minimum absolute atomic E-state index is 0.0837. The van der Waals surface area contributed by atoms with E-state index in [1.54, 1.807) is 30.3 Å². The van der Waals surface area contributed by atoms with Crippen molar-refractivity contribution in [3.63, 3.8) is 0 Å². The Bertz CT molecular complexity index is 774. The van der Waals surface area contributed by atoms with Crippen LogP contribution in [0, 0.1) is 18.7 Å². The van der Waals surface area contributed by atoms with E-state index < -0.39 is 6.04 Å². The van der Waals surface area contributed by atoms with Crippen LogP contribution >= 0.6 is 0 Å². The normalized spacial score (nSPS) is 11.9. The van der Waals surface area contributed by atoms with Crippen molar-refractivity contribution in [2.24, 2.45) is 5.92 Å². The van der Waals surface area contributed by atoms with E-state index in [0.29, 0.717) is 17.5 Å². The molecule has 2 rings (SSSR count). The first-order valence-electron chi connectivity index (χ1n) is 8.76. The average molecular weight is 356 g/mol. The van der Waals surface area contributed by atoms with Crippen LogP contribution in [0.3, 0.4) is 0 Å². The smallest absolute Gasteiger partial charge is 0.252 e. The molecule has 0 heterocycles. The number of halogens is 1. The molecule has 2 aromatic carbocycles. The molecule has 0 saturated heterocycles. The third-order valence-corrected chi connectivity index (χ3v) is 4.13. The Labute approximate surface area is 153 Å². The Hall–Kier alpha value is -2.69. The van der Waals surface area contributed by atoms with Gasteiger partial charge in [0.25, 0.3) is 5.91 Å². The Balaban J connectivity index is 2.06. The number of nitrogens with one attached hydrogen (secondary N) is 2. The zero-order chi connectivity index (χ0) is 19.1. The highest BCUT2D eigenvalue weighted by Gasteiger charge is 2.23. The van der Waals surface area contributed by atoms with Crippen LogP contribution in [0.15, 0.2) is 48.5 Å². The molecule has 0 bridgehead atoms. The van der Waals surface area contributed by atoms with Gasteiger partial charge in [-0.25, -0.2) is 4.39 Å². The number of aryl methyl sites for hydroxylation is 1. The predicted molar refractivity (Wildman–Crippen MR) is 100 cm³/mol. The Morgan fingerprint density at radius 3 is 2.35 bits per heavy atom. The molecule has 0 aliphatic rings. The van der Waals surface area contributed by atoms with Gasteiger partial charge in [0.15, 0.2) is 0 Å². The monoisotopic (exact) mass is 356 g/mol. The van der Waals surface area contributed by atoms with Crippen molar-refractivity contribution >= 4 is 11.8 Å². The van der Waals surface area contributed by atoms with Crippen molar-refractivity contribution < 1.29 is 14.0 Å². The number of rotatable bonds is 7. The summed E-state index contributed by atoms with van der Waals surface area (Å²) < 4.78 is 13.7. The first-order chi connectivity index (χ1) is 12.4. The summed E-state index contributed by atoms with van der Waals surface area (Å²) in [7, 11) is 0. The number of amides is 2. The van der Waals surface area contributed by atoms with Crippen molar-refractivity contribution in [3.8, 4) is 0 Å². The van der Waals surface area contributed by atoms with Crippen molar-refractivity contribution in [2.75, 3.05) is 0 Å². The number of hydrogen-bond donors (Lipinski definition) is 2. The van der Waals surface area contributed by atoms with E-state index in [1.165, 1.54) is 6.07 Å². The van der Waals surface area contributed by atoms with Gasteiger partial charge in [0.05, 0.1) is 0 Å². The lowest BCUT2D eigenvalue weighted by atomic mass is 10.0. The second kappa shape index (κ2) is 9.13. The van der Waals surface area contributed by atoms with Gasteiger partial charge in [0, 0.05) is 17.7 Å². The molecular weight excluding hydrogens is 331 g/mol. The molecule has 0 aliphatic heterocycles. The van der Waals surface area contributed by atoms with Gasteiger partial charge in [-0.05, 0) is 37.0 Å². The van der Waals surface area contributed by atoms with Gasteiger partial charge in [0.2, 0.25) is 5.91 Å². The SMILES string of the molecule is Cc1ccccc1C(=O)N[C@H](CC(C)C)C(=O)NCc1ccccc1F. The van der Waals surface area contributed by atoms with Crippen LogP contribution < -0.4 is 10.6 Å². The molecular formula is C21H25FN2O2. The first-order valence-corrected chi connectivity index (χ1v) is 8.76. The molecule has 0 aromatic heterocycles. The van der Waals surface area contributed by atoms with E-state index in [9.17, 15) is 14.0 Å². The van der Waals surface area contributed by atoms with E-state index >= 15 is 0 Å². The summed E-state index contributed by atoms with van der Waals surface area (Å²) >= 11 is 0. The van der Waals surface area contributed by atoms with Crippen LogP contribution in [0.25, 0.3) is 0 Å². The number of carbonyl (C=O) groups is 2. The Morgan fingerprint density at radius 1 is 1.04 bits per heavy atom. The van der Waals surface area contributed by atoms with Gasteiger partial charge in [-0.15, -0.1) is 0 Å². The molecule has 0 saturated carbocycles. The highest BCUT2D eigenvalue weighted by molar-refractivity contribution is 5.98. The maximum atomic E-state index is 13.7. The Morgan fingerprint density at radius 2 is 1.69 bits per heavy atom. The fourth-order valence-electron chi connectivity index (χ4n) is 2.71. The van der Waals surface area contributed by atoms with Gasteiger partial charge >= 0.3 is 0 Å². The highest BCUT2D eigenvalue weighted by atomic mass is 19.1. The van der Waals surface area contributed by atoms with Gasteiger partial charge in [-0.2, -0.15) is 0 Å². The lowest BCUT2D eigenvalue weighted by molar-refractivity contribution is -0.123. The summed E-state index contributed by atoms with van der Waals surface area (Å²) in [6.07, 6.45) is 0.501. The van der Waals surface area contributed by atoms with Crippen molar-refractivity contribution in [1.82, 2.24) is 10.6 Å². The summed E-state index contributed by atoms with van der Waals surface area (Å²) in [5.74, 6) is -0.743. The van der Waals surface area contributed by atoms with Gasteiger partial charge in [0.1, 0.15) is 11.9 Å². The summed E-state index contributed by atoms with van der Waals surface area (Å²) in [5, 5.41) is 5.53. The minimum Gasteiger partial charge on any atom is -0.350 e. The van der Waals surface area contributed by atoms with Crippen LogP contribution in [-0.4, -0.2) is 17.9 Å². The molecule has 0 fully saturated rings. The van der Waals surface area contributed by atoms with E-state index in [0.717, 1.165) is 5.56 Å². The van der Waals surface area contributed by atoms with Crippen molar-refractivity contribution in [2.45, 2.75) is 39.8 Å². The second-order valence-corrected chi connectivity index (χ2v) is 6.78. The number of benzene rings is 2. The summed E-state index contributed by atoms with van der Waals surface area (Å²) in [4.78, 5) is 25.1. The standard InChI is InChI=1S/C21H25FN2O2/c1-14(2)12-19(24-20(25)17-10-6-4-8-15(17)3)21(26)23-13-16-9-5-7-11-18(16)22/h4-11,14,19H,12-13H2,1-3H3,(H,23,26)(H,24,25)/t19-/m1/s1. The molecule has 2 N–H and O–H groups in total. The topological polar surface area (TPSA) is 58.2 Å². The molecule has 138 valence electrons. The van der Waals surface area contributed by atoms with Crippen molar-refractivity contribution in [1.29, 1.82) is 0 Å². The second-order valence-electron chi connectivity index (χ2n) is 6.78. The number of hydrogen-bond acceptors (Lipinski definition) is 2. The van der Waals surface area contributed by atoms with Crippen LogP contribution in [0.5, 0.6) is 0 Å². The van der Waals surface area contributed by atoms with Crippen LogP contribution in [0.2, 0.25) is 0 Å². The predicted octanol–water partition coefficient (Wildman–Crippen LogP) is 3.60. The maximum absolute atomic E-state index is 13.7. The highest BCUT2D eigenvalue weighted by Crippen LogP contribution is 2.11. The first kappa shape index (κ1) is 19.6.